The van der Waals surface area contributed by atoms with Gasteiger partial charge in [0, 0.05) is 17.4 Å². The van der Waals surface area contributed by atoms with Crippen molar-refractivity contribution in [3.8, 4) is 6.07 Å². The first-order valence-electron chi connectivity index (χ1n) is 5.61. The van der Waals surface area contributed by atoms with Crippen molar-refractivity contribution in [3.05, 3.63) is 52.7 Å². The van der Waals surface area contributed by atoms with Gasteiger partial charge < -0.3 is 5.32 Å². The molecule has 2 rings (SSSR count). The molecule has 0 aliphatic heterocycles. The number of nitrogens with zero attached hydrogens (tertiary/aromatic N) is 2. The molecule has 0 aliphatic carbocycles. The van der Waals surface area contributed by atoms with Gasteiger partial charge in [0.2, 0.25) is 0 Å². The number of aromatic nitrogens is 1. The Morgan fingerprint density at radius 2 is 1.89 bits per heavy atom. The molecule has 96 valence electrons. The number of halogens is 2. The zero-order chi connectivity index (χ0) is 14.0. The average Bonchev–Trinajstić information content (AvgIpc) is 2.33. The Kier molecular flexibility index (Phi) is 3.43. The van der Waals surface area contributed by atoms with Gasteiger partial charge in [-0.2, -0.15) is 5.26 Å². The maximum absolute atomic E-state index is 13.1. The fourth-order valence-corrected chi connectivity index (χ4v) is 1.78. The second kappa shape index (κ2) is 5.02. The summed E-state index contributed by atoms with van der Waals surface area (Å²) >= 11 is 0. The summed E-state index contributed by atoms with van der Waals surface area (Å²) in [6.45, 7) is 3.59. The van der Waals surface area contributed by atoms with Crippen LogP contribution in [0, 0.1) is 36.8 Å². The molecule has 0 fully saturated rings. The van der Waals surface area contributed by atoms with Crippen LogP contribution in [0.4, 0.5) is 20.3 Å². The number of benzene rings is 1. The Morgan fingerprint density at radius 1 is 1.16 bits per heavy atom. The Balaban J connectivity index is 2.43. The highest BCUT2D eigenvalue weighted by molar-refractivity contribution is 5.64. The summed E-state index contributed by atoms with van der Waals surface area (Å²) in [5.41, 5.74) is 2.24. The highest BCUT2D eigenvalue weighted by Gasteiger charge is 2.10. The minimum Gasteiger partial charge on any atom is -0.339 e. The molecule has 0 saturated carbocycles. The van der Waals surface area contributed by atoms with Gasteiger partial charge >= 0.3 is 0 Å². The summed E-state index contributed by atoms with van der Waals surface area (Å²) in [6, 6.07) is 7.26. The van der Waals surface area contributed by atoms with Crippen molar-refractivity contribution in [2.75, 3.05) is 5.32 Å². The smallest absolute Gasteiger partial charge is 0.160 e. The van der Waals surface area contributed by atoms with Crippen LogP contribution in [-0.4, -0.2) is 4.98 Å². The molecule has 5 heteroatoms. The second-order valence-electron chi connectivity index (χ2n) is 4.17. The molecule has 1 aromatic carbocycles. The molecular formula is C14H11F2N3. The van der Waals surface area contributed by atoms with Crippen LogP contribution in [0.1, 0.15) is 16.8 Å². The summed E-state index contributed by atoms with van der Waals surface area (Å²) in [7, 11) is 0. The van der Waals surface area contributed by atoms with Gasteiger partial charge in [-0.3, -0.25) is 0 Å². The summed E-state index contributed by atoms with van der Waals surface area (Å²) in [5, 5.41) is 11.9. The fourth-order valence-electron chi connectivity index (χ4n) is 1.78. The normalized spacial score (nSPS) is 10.1. The fraction of sp³-hybridized carbons (Fsp3) is 0.143. The van der Waals surface area contributed by atoms with Crippen molar-refractivity contribution in [2.45, 2.75) is 13.8 Å². The number of nitriles is 1. The lowest BCUT2D eigenvalue weighted by Gasteiger charge is -2.10. The maximum Gasteiger partial charge on any atom is 0.160 e. The molecule has 1 aromatic heterocycles. The van der Waals surface area contributed by atoms with Crippen molar-refractivity contribution in [1.29, 1.82) is 5.26 Å². The largest absolute Gasteiger partial charge is 0.339 e. The lowest BCUT2D eigenvalue weighted by molar-refractivity contribution is 0.509. The van der Waals surface area contributed by atoms with E-state index in [0.717, 1.165) is 23.4 Å². The van der Waals surface area contributed by atoms with E-state index in [9.17, 15) is 8.78 Å². The second-order valence-corrected chi connectivity index (χ2v) is 4.17. The van der Waals surface area contributed by atoms with Gasteiger partial charge in [0.25, 0.3) is 0 Å². The van der Waals surface area contributed by atoms with Crippen LogP contribution in [0.5, 0.6) is 0 Å². The summed E-state index contributed by atoms with van der Waals surface area (Å²) in [4.78, 5) is 4.20. The Morgan fingerprint density at radius 3 is 2.53 bits per heavy atom. The van der Waals surface area contributed by atoms with E-state index in [0.29, 0.717) is 17.1 Å². The zero-order valence-electron chi connectivity index (χ0n) is 10.5. The van der Waals surface area contributed by atoms with Crippen molar-refractivity contribution in [3.63, 3.8) is 0 Å². The monoisotopic (exact) mass is 259 g/mol. The molecule has 0 spiro atoms. The van der Waals surface area contributed by atoms with Gasteiger partial charge in [-0.15, -0.1) is 0 Å². The molecule has 0 bridgehead atoms. The van der Waals surface area contributed by atoms with E-state index in [4.69, 9.17) is 5.26 Å². The van der Waals surface area contributed by atoms with Crippen LogP contribution in [0.3, 0.4) is 0 Å². The number of anilines is 2. The molecule has 0 radical (unpaired) electrons. The Labute approximate surface area is 109 Å². The van der Waals surface area contributed by atoms with Gasteiger partial charge in [0.05, 0.1) is 5.56 Å². The highest BCUT2D eigenvalue weighted by Crippen LogP contribution is 2.23. The lowest BCUT2D eigenvalue weighted by Crippen LogP contribution is -2.01. The van der Waals surface area contributed by atoms with Crippen LogP contribution >= 0.6 is 0 Å². The number of hydrogen-bond donors (Lipinski definition) is 1. The molecular weight excluding hydrogens is 248 g/mol. The minimum absolute atomic E-state index is 0.339. The Bertz CT molecular complexity index is 675. The van der Waals surface area contributed by atoms with Crippen molar-refractivity contribution in [2.24, 2.45) is 0 Å². The van der Waals surface area contributed by atoms with Crippen molar-refractivity contribution < 1.29 is 8.78 Å². The van der Waals surface area contributed by atoms with E-state index < -0.39 is 11.6 Å². The maximum atomic E-state index is 13.1. The Hall–Kier alpha value is -2.48. The van der Waals surface area contributed by atoms with Gasteiger partial charge in [-0.05, 0) is 37.6 Å². The van der Waals surface area contributed by atoms with E-state index in [1.165, 1.54) is 6.07 Å². The molecule has 0 unspecified atom stereocenters. The number of aryl methyl sites for hydroxylation is 2. The van der Waals surface area contributed by atoms with Gasteiger partial charge in [0.15, 0.2) is 11.6 Å². The minimum atomic E-state index is -0.951. The van der Waals surface area contributed by atoms with E-state index in [-0.39, 0.29) is 0 Å². The predicted molar refractivity (Wildman–Crippen MR) is 68.1 cm³/mol. The molecule has 0 aliphatic rings. The first kappa shape index (κ1) is 13.0. The predicted octanol–water partition coefficient (Wildman–Crippen LogP) is 3.59. The number of pyridine rings is 1. The zero-order valence-corrected chi connectivity index (χ0v) is 10.5. The molecule has 2 aromatic rings. The van der Waals surface area contributed by atoms with Crippen LogP contribution in [0.25, 0.3) is 0 Å². The lowest BCUT2D eigenvalue weighted by atomic mass is 10.1. The molecule has 1 N–H and O–H groups in total. The van der Waals surface area contributed by atoms with E-state index in [2.05, 4.69) is 10.3 Å². The van der Waals surface area contributed by atoms with E-state index in [1.807, 2.05) is 6.07 Å². The molecule has 0 atom stereocenters. The van der Waals surface area contributed by atoms with Crippen LogP contribution in [-0.2, 0) is 0 Å². The highest BCUT2D eigenvalue weighted by atomic mass is 19.2. The van der Waals surface area contributed by atoms with Crippen molar-refractivity contribution >= 4 is 11.5 Å². The third kappa shape index (κ3) is 2.68. The molecule has 19 heavy (non-hydrogen) atoms. The SMILES string of the molecule is Cc1cc(C)c(C#N)c(Nc2ccc(F)c(F)c2)n1. The number of hydrogen-bond acceptors (Lipinski definition) is 3. The quantitative estimate of drug-likeness (QED) is 0.896. The number of rotatable bonds is 2. The van der Waals surface area contributed by atoms with Gasteiger partial charge in [-0.1, -0.05) is 0 Å². The first-order chi connectivity index (χ1) is 9.01. The molecule has 3 nitrogen and oxygen atoms in total. The van der Waals surface area contributed by atoms with E-state index >= 15 is 0 Å². The molecule has 0 amide bonds. The van der Waals surface area contributed by atoms with Crippen LogP contribution < -0.4 is 5.32 Å². The first-order valence-corrected chi connectivity index (χ1v) is 5.61. The number of nitrogens with one attached hydrogen (secondary N) is 1. The average molecular weight is 259 g/mol. The third-order valence-corrected chi connectivity index (χ3v) is 2.64. The summed E-state index contributed by atoms with van der Waals surface area (Å²) < 4.78 is 26.0. The third-order valence-electron chi connectivity index (χ3n) is 2.64. The van der Waals surface area contributed by atoms with Gasteiger partial charge in [-0.25, -0.2) is 13.8 Å². The van der Waals surface area contributed by atoms with Crippen molar-refractivity contribution in [1.82, 2.24) is 4.98 Å². The summed E-state index contributed by atoms with van der Waals surface area (Å²) in [6.07, 6.45) is 0. The van der Waals surface area contributed by atoms with Gasteiger partial charge in [0.1, 0.15) is 11.9 Å². The standard InChI is InChI=1S/C14H11F2N3/c1-8-5-9(2)18-14(11(8)7-17)19-10-3-4-12(15)13(16)6-10/h3-6H,1-2H3,(H,18,19). The molecule has 0 saturated heterocycles. The van der Waals surface area contributed by atoms with Crippen LogP contribution in [0.2, 0.25) is 0 Å². The van der Waals surface area contributed by atoms with Crippen LogP contribution in [0.15, 0.2) is 24.3 Å². The van der Waals surface area contributed by atoms with E-state index in [1.54, 1.807) is 19.9 Å². The summed E-state index contributed by atoms with van der Waals surface area (Å²) in [5.74, 6) is -1.53. The topological polar surface area (TPSA) is 48.7 Å². The molecule has 1 heterocycles.